The molecular formula is C15H22N2O. The molecule has 2 rings (SSSR count). The highest BCUT2D eigenvalue weighted by molar-refractivity contribution is 5.88. The first-order valence-electron chi connectivity index (χ1n) is 6.44. The molecular weight excluding hydrogens is 224 g/mol. The quantitative estimate of drug-likeness (QED) is 0.803. The van der Waals surface area contributed by atoms with Gasteiger partial charge in [0.15, 0.2) is 5.90 Å². The van der Waals surface area contributed by atoms with Crippen molar-refractivity contribution in [3.63, 3.8) is 0 Å². The van der Waals surface area contributed by atoms with E-state index < -0.39 is 0 Å². The summed E-state index contributed by atoms with van der Waals surface area (Å²) >= 11 is 0. The van der Waals surface area contributed by atoms with Crippen molar-refractivity contribution in [1.29, 1.82) is 0 Å². The Morgan fingerprint density at radius 1 is 1.17 bits per heavy atom. The minimum absolute atomic E-state index is 0.141. The van der Waals surface area contributed by atoms with Gasteiger partial charge in [0.05, 0.1) is 17.2 Å². The number of ether oxygens (including phenoxy) is 1. The summed E-state index contributed by atoms with van der Waals surface area (Å²) in [6.45, 7) is 11.5. The van der Waals surface area contributed by atoms with E-state index in [9.17, 15) is 0 Å². The second-order valence-corrected chi connectivity index (χ2v) is 6.47. The Morgan fingerprint density at radius 2 is 1.89 bits per heavy atom. The highest BCUT2D eigenvalue weighted by atomic mass is 16.5. The fourth-order valence-electron chi connectivity index (χ4n) is 2.00. The van der Waals surface area contributed by atoms with Gasteiger partial charge in [-0.3, -0.25) is 4.98 Å². The van der Waals surface area contributed by atoms with E-state index in [-0.39, 0.29) is 16.9 Å². The van der Waals surface area contributed by atoms with Crippen molar-refractivity contribution < 1.29 is 4.74 Å². The number of nitrogens with zero attached hydrogens (tertiary/aromatic N) is 2. The fraction of sp³-hybridized carbons (Fsp3) is 0.600. The Bertz CT molecular complexity index is 443. The molecule has 3 nitrogen and oxygen atoms in total. The molecule has 1 aliphatic rings. The lowest BCUT2D eigenvalue weighted by Gasteiger charge is -2.23. The van der Waals surface area contributed by atoms with E-state index >= 15 is 0 Å². The van der Waals surface area contributed by atoms with Crippen molar-refractivity contribution in [2.45, 2.75) is 46.1 Å². The SMILES string of the molecule is CC(C)(C1=NC(C(C)(C)C)CO1)c1ccccn1. The van der Waals surface area contributed by atoms with Gasteiger partial charge in [-0.2, -0.15) is 0 Å². The van der Waals surface area contributed by atoms with E-state index in [4.69, 9.17) is 9.73 Å². The number of aliphatic imine (C=N–C) groups is 1. The Labute approximate surface area is 109 Å². The first-order chi connectivity index (χ1) is 8.32. The third-order valence-electron chi connectivity index (χ3n) is 3.49. The van der Waals surface area contributed by atoms with Crippen LogP contribution < -0.4 is 0 Å². The van der Waals surface area contributed by atoms with E-state index in [0.29, 0.717) is 6.61 Å². The molecule has 0 aromatic carbocycles. The van der Waals surface area contributed by atoms with E-state index in [0.717, 1.165) is 11.6 Å². The molecule has 3 heteroatoms. The van der Waals surface area contributed by atoms with Crippen LogP contribution in [-0.4, -0.2) is 23.5 Å². The zero-order valence-corrected chi connectivity index (χ0v) is 11.9. The first kappa shape index (κ1) is 13.1. The van der Waals surface area contributed by atoms with Crippen molar-refractivity contribution >= 4 is 5.90 Å². The number of rotatable bonds is 2. The van der Waals surface area contributed by atoms with Gasteiger partial charge in [-0.25, -0.2) is 4.99 Å². The maximum atomic E-state index is 5.82. The van der Waals surface area contributed by atoms with Crippen molar-refractivity contribution in [2.24, 2.45) is 10.4 Å². The molecule has 1 atom stereocenters. The maximum Gasteiger partial charge on any atom is 0.195 e. The van der Waals surface area contributed by atoms with Crippen molar-refractivity contribution in [2.75, 3.05) is 6.61 Å². The molecule has 1 aliphatic heterocycles. The minimum atomic E-state index is -0.263. The predicted molar refractivity (Wildman–Crippen MR) is 73.9 cm³/mol. The molecule has 2 heterocycles. The van der Waals surface area contributed by atoms with Crippen LogP contribution in [0.2, 0.25) is 0 Å². The Hall–Kier alpha value is -1.38. The topological polar surface area (TPSA) is 34.5 Å². The smallest absolute Gasteiger partial charge is 0.195 e. The molecule has 0 saturated heterocycles. The average Bonchev–Trinajstić information content (AvgIpc) is 2.79. The molecule has 0 fully saturated rings. The summed E-state index contributed by atoms with van der Waals surface area (Å²) < 4.78 is 5.82. The lowest BCUT2D eigenvalue weighted by atomic mass is 9.87. The van der Waals surface area contributed by atoms with Gasteiger partial charge >= 0.3 is 0 Å². The molecule has 0 N–H and O–H groups in total. The normalized spacial score (nSPS) is 20.5. The number of aromatic nitrogens is 1. The van der Waals surface area contributed by atoms with Crippen LogP contribution in [-0.2, 0) is 10.2 Å². The van der Waals surface area contributed by atoms with E-state index in [1.807, 2.05) is 24.4 Å². The van der Waals surface area contributed by atoms with Crippen LogP contribution in [0.25, 0.3) is 0 Å². The van der Waals surface area contributed by atoms with E-state index in [1.165, 1.54) is 0 Å². The van der Waals surface area contributed by atoms with Crippen LogP contribution in [0.4, 0.5) is 0 Å². The average molecular weight is 246 g/mol. The van der Waals surface area contributed by atoms with Crippen LogP contribution in [0.15, 0.2) is 29.4 Å². The van der Waals surface area contributed by atoms with Gasteiger partial charge in [-0.15, -0.1) is 0 Å². The number of pyridine rings is 1. The molecule has 0 bridgehead atoms. The summed E-state index contributed by atoms with van der Waals surface area (Å²) in [6, 6.07) is 6.18. The molecule has 18 heavy (non-hydrogen) atoms. The second-order valence-electron chi connectivity index (χ2n) is 6.47. The summed E-state index contributed by atoms with van der Waals surface area (Å²) in [6.07, 6.45) is 1.81. The van der Waals surface area contributed by atoms with E-state index in [1.54, 1.807) is 0 Å². The summed E-state index contributed by atoms with van der Waals surface area (Å²) in [5.41, 5.74) is 0.877. The third kappa shape index (κ3) is 2.40. The summed E-state index contributed by atoms with van der Waals surface area (Å²) in [5.74, 6) is 0.807. The van der Waals surface area contributed by atoms with Gasteiger partial charge in [0.2, 0.25) is 0 Å². The molecule has 1 unspecified atom stereocenters. The van der Waals surface area contributed by atoms with Gasteiger partial charge < -0.3 is 4.74 Å². The Balaban J connectivity index is 2.28. The predicted octanol–water partition coefficient (Wildman–Crippen LogP) is 3.20. The van der Waals surface area contributed by atoms with E-state index in [2.05, 4.69) is 39.6 Å². The summed E-state index contributed by atoms with van der Waals surface area (Å²) in [4.78, 5) is 9.18. The number of hydrogen-bond acceptors (Lipinski definition) is 3. The molecule has 0 saturated carbocycles. The van der Waals surface area contributed by atoms with Crippen molar-refractivity contribution in [1.82, 2.24) is 4.98 Å². The van der Waals surface area contributed by atoms with Crippen molar-refractivity contribution in [3.05, 3.63) is 30.1 Å². The molecule has 1 aromatic rings. The van der Waals surface area contributed by atoms with Crippen LogP contribution >= 0.6 is 0 Å². The molecule has 0 aliphatic carbocycles. The van der Waals surface area contributed by atoms with Gasteiger partial charge in [-0.1, -0.05) is 26.8 Å². The fourth-order valence-corrected chi connectivity index (χ4v) is 2.00. The van der Waals surface area contributed by atoms with Crippen LogP contribution in [0, 0.1) is 5.41 Å². The lowest BCUT2D eigenvalue weighted by molar-refractivity contribution is 0.227. The summed E-state index contributed by atoms with van der Waals surface area (Å²) in [5, 5.41) is 0. The second kappa shape index (κ2) is 4.38. The van der Waals surface area contributed by atoms with Gasteiger partial charge in [0.25, 0.3) is 0 Å². The zero-order valence-electron chi connectivity index (χ0n) is 11.9. The van der Waals surface area contributed by atoms with Crippen LogP contribution in [0.3, 0.4) is 0 Å². The standard InChI is InChI=1S/C15H22N2O/c1-14(2,3)12-10-18-13(17-12)15(4,5)11-8-6-7-9-16-11/h6-9,12H,10H2,1-5H3. The third-order valence-corrected chi connectivity index (χ3v) is 3.49. The zero-order chi connectivity index (χ0) is 13.4. The van der Waals surface area contributed by atoms with Crippen LogP contribution in [0.1, 0.15) is 40.3 Å². The molecule has 0 amide bonds. The maximum absolute atomic E-state index is 5.82. The molecule has 0 spiro atoms. The monoisotopic (exact) mass is 246 g/mol. The number of hydrogen-bond donors (Lipinski definition) is 0. The van der Waals surface area contributed by atoms with Crippen molar-refractivity contribution in [3.8, 4) is 0 Å². The molecule has 98 valence electrons. The first-order valence-corrected chi connectivity index (χ1v) is 6.44. The van der Waals surface area contributed by atoms with Crippen LogP contribution in [0.5, 0.6) is 0 Å². The highest BCUT2D eigenvalue weighted by Crippen LogP contribution is 2.32. The molecule has 1 aromatic heterocycles. The summed E-state index contributed by atoms with van der Waals surface area (Å²) in [7, 11) is 0. The van der Waals surface area contributed by atoms with Gasteiger partial charge in [-0.05, 0) is 31.4 Å². The highest BCUT2D eigenvalue weighted by Gasteiger charge is 2.38. The Kier molecular flexibility index (Phi) is 3.18. The minimum Gasteiger partial charge on any atom is -0.478 e. The van der Waals surface area contributed by atoms with Gasteiger partial charge in [0, 0.05) is 6.20 Å². The van der Waals surface area contributed by atoms with Gasteiger partial charge in [0.1, 0.15) is 6.61 Å². The lowest BCUT2D eigenvalue weighted by Crippen LogP contribution is -2.30. The Morgan fingerprint density at radius 3 is 2.39 bits per heavy atom. The molecule has 0 radical (unpaired) electrons. The largest absolute Gasteiger partial charge is 0.478 e.